The number of benzene rings is 3. The van der Waals surface area contributed by atoms with Crippen molar-refractivity contribution in [1.82, 2.24) is 4.98 Å². The standard InChI is InChI=1S/C27H24ClNO7/c28-26(34)24-22(31)23(32)25(33)27(36-24,18-14-29-19-12-6-4-10-16(18)19)35-20-13-7-5-11-17(20)21(30)15-8-2-1-3-9-15/h1-14,22-26,29,31-34H/t22-,23+,24+,25-,26?,27-/m1/s1. The fourth-order valence-corrected chi connectivity index (χ4v) is 4.74. The minimum absolute atomic E-state index is 0.0575. The molecule has 8 nitrogen and oxygen atoms in total. The first-order chi connectivity index (χ1) is 17.3. The van der Waals surface area contributed by atoms with Crippen LogP contribution in [0.5, 0.6) is 5.75 Å². The largest absolute Gasteiger partial charge is 0.454 e. The van der Waals surface area contributed by atoms with Gasteiger partial charge in [0.1, 0.15) is 24.1 Å². The van der Waals surface area contributed by atoms with E-state index in [2.05, 4.69) is 4.98 Å². The molecule has 0 bridgehead atoms. The van der Waals surface area contributed by atoms with E-state index in [-0.39, 0.29) is 22.7 Å². The van der Waals surface area contributed by atoms with Gasteiger partial charge in [0.05, 0.1) is 11.1 Å². The highest BCUT2D eigenvalue weighted by molar-refractivity contribution is 6.20. The van der Waals surface area contributed by atoms with Crippen molar-refractivity contribution in [2.75, 3.05) is 0 Å². The van der Waals surface area contributed by atoms with Crippen LogP contribution in [0.2, 0.25) is 0 Å². The highest BCUT2D eigenvalue weighted by atomic mass is 35.5. The van der Waals surface area contributed by atoms with Crippen molar-refractivity contribution >= 4 is 28.3 Å². The monoisotopic (exact) mass is 509 g/mol. The number of H-pyrrole nitrogens is 1. The Bertz CT molecular complexity index is 1370. The van der Waals surface area contributed by atoms with Gasteiger partial charge in [0.15, 0.2) is 17.5 Å². The summed E-state index contributed by atoms with van der Waals surface area (Å²) in [6, 6.07) is 22.2. The van der Waals surface area contributed by atoms with Gasteiger partial charge in [-0.05, 0) is 18.2 Å². The summed E-state index contributed by atoms with van der Waals surface area (Å²) < 4.78 is 12.4. The number of aromatic amines is 1. The molecule has 5 rings (SSSR count). The maximum Gasteiger partial charge on any atom is 0.268 e. The summed E-state index contributed by atoms with van der Waals surface area (Å²) in [6.07, 6.45) is -5.34. The Balaban J connectivity index is 1.68. The smallest absolute Gasteiger partial charge is 0.268 e. The van der Waals surface area contributed by atoms with Crippen LogP contribution >= 0.6 is 11.6 Å². The third-order valence-corrected chi connectivity index (χ3v) is 6.62. The number of halogens is 1. The lowest BCUT2D eigenvalue weighted by Gasteiger charge is -2.48. The third-order valence-electron chi connectivity index (χ3n) is 6.38. The van der Waals surface area contributed by atoms with Gasteiger partial charge < -0.3 is 34.9 Å². The minimum Gasteiger partial charge on any atom is -0.454 e. The molecule has 36 heavy (non-hydrogen) atoms. The number of aliphatic hydroxyl groups excluding tert-OH is 4. The highest BCUT2D eigenvalue weighted by Gasteiger charge is 2.59. The first-order valence-corrected chi connectivity index (χ1v) is 11.8. The second-order valence-corrected chi connectivity index (χ2v) is 9.04. The number of nitrogens with one attached hydrogen (secondary N) is 1. The second kappa shape index (κ2) is 9.67. The normalized spacial score (nSPS) is 27.0. The van der Waals surface area contributed by atoms with Crippen LogP contribution in [0.15, 0.2) is 85.1 Å². The molecule has 2 heterocycles. The quantitative estimate of drug-likeness (QED) is 0.199. The molecule has 1 unspecified atom stereocenters. The number of aromatic nitrogens is 1. The van der Waals surface area contributed by atoms with Crippen molar-refractivity contribution in [3.63, 3.8) is 0 Å². The molecule has 6 atom stereocenters. The number of ether oxygens (including phenoxy) is 2. The fourth-order valence-electron chi connectivity index (χ4n) is 4.54. The van der Waals surface area contributed by atoms with Gasteiger partial charge in [-0.2, -0.15) is 0 Å². The van der Waals surface area contributed by atoms with Crippen molar-refractivity contribution in [1.29, 1.82) is 0 Å². The number of ketones is 1. The average molecular weight is 510 g/mol. The van der Waals surface area contributed by atoms with Crippen molar-refractivity contribution < 1.29 is 34.7 Å². The number of alkyl halides is 1. The molecule has 0 spiro atoms. The molecule has 4 aromatic rings. The summed E-state index contributed by atoms with van der Waals surface area (Å²) in [5, 5.41) is 43.3. The molecule has 0 radical (unpaired) electrons. The van der Waals surface area contributed by atoms with E-state index in [1.807, 2.05) is 6.07 Å². The molecule has 1 fully saturated rings. The van der Waals surface area contributed by atoms with Crippen LogP contribution in [0.25, 0.3) is 10.9 Å². The molecule has 1 aromatic heterocycles. The zero-order chi connectivity index (χ0) is 25.4. The van der Waals surface area contributed by atoms with Gasteiger partial charge in [-0.1, -0.05) is 72.3 Å². The Morgan fingerprint density at radius 1 is 0.944 bits per heavy atom. The number of fused-ring (bicyclic) bond motifs is 1. The second-order valence-electron chi connectivity index (χ2n) is 8.59. The molecular formula is C27H24ClNO7. The number of hydrogen-bond donors (Lipinski definition) is 5. The van der Waals surface area contributed by atoms with Crippen LogP contribution in [0.3, 0.4) is 0 Å². The predicted molar refractivity (Wildman–Crippen MR) is 132 cm³/mol. The zero-order valence-electron chi connectivity index (χ0n) is 18.9. The molecule has 1 aliphatic heterocycles. The van der Waals surface area contributed by atoms with Gasteiger partial charge in [-0.25, -0.2) is 0 Å². The third kappa shape index (κ3) is 4.08. The lowest BCUT2D eigenvalue weighted by Crippen LogP contribution is -2.66. The van der Waals surface area contributed by atoms with Crippen LogP contribution in [-0.4, -0.2) is 61.2 Å². The van der Waals surface area contributed by atoms with Gasteiger partial charge in [-0.15, -0.1) is 0 Å². The molecular weight excluding hydrogens is 486 g/mol. The number of carbonyl (C=O) groups is 1. The fraction of sp³-hybridized carbons (Fsp3) is 0.222. The highest BCUT2D eigenvalue weighted by Crippen LogP contribution is 2.44. The van der Waals surface area contributed by atoms with Crippen molar-refractivity contribution in [2.45, 2.75) is 35.8 Å². The molecule has 0 saturated carbocycles. The Morgan fingerprint density at radius 3 is 2.36 bits per heavy atom. The molecule has 3 aromatic carbocycles. The summed E-state index contributed by atoms with van der Waals surface area (Å²) in [6.45, 7) is 0. The van der Waals surface area contributed by atoms with Gasteiger partial charge in [0, 0.05) is 22.7 Å². The molecule has 9 heteroatoms. The Kier molecular flexibility index (Phi) is 6.57. The van der Waals surface area contributed by atoms with E-state index in [1.54, 1.807) is 66.7 Å². The van der Waals surface area contributed by atoms with Crippen LogP contribution in [0.4, 0.5) is 0 Å². The summed E-state index contributed by atoms with van der Waals surface area (Å²) in [5.41, 5.74) is -0.174. The predicted octanol–water partition coefficient (Wildman–Crippen LogP) is 2.67. The molecule has 0 aliphatic carbocycles. The number of carbonyl (C=O) groups excluding carboxylic acids is 1. The minimum atomic E-state index is -2.16. The Hall–Kier alpha value is -3.24. The lowest BCUT2D eigenvalue weighted by atomic mass is 9.87. The average Bonchev–Trinajstić information content (AvgIpc) is 3.34. The van der Waals surface area contributed by atoms with E-state index < -0.39 is 35.8 Å². The maximum atomic E-state index is 13.3. The first-order valence-electron chi connectivity index (χ1n) is 11.3. The van der Waals surface area contributed by atoms with Crippen LogP contribution in [-0.2, 0) is 10.5 Å². The molecule has 0 amide bonds. The number of para-hydroxylation sites is 2. The van der Waals surface area contributed by atoms with Crippen LogP contribution in [0, 0.1) is 0 Å². The van der Waals surface area contributed by atoms with E-state index in [0.717, 1.165) is 0 Å². The zero-order valence-corrected chi connectivity index (χ0v) is 19.6. The Labute approximate surface area is 211 Å². The van der Waals surface area contributed by atoms with E-state index in [1.165, 1.54) is 12.3 Å². The summed E-state index contributed by atoms with van der Waals surface area (Å²) in [7, 11) is 0. The van der Waals surface area contributed by atoms with Gasteiger partial charge >= 0.3 is 0 Å². The van der Waals surface area contributed by atoms with E-state index in [4.69, 9.17) is 21.1 Å². The number of aliphatic hydroxyl groups is 4. The molecule has 1 saturated heterocycles. The maximum absolute atomic E-state index is 13.3. The van der Waals surface area contributed by atoms with Crippen LogP contribution < -0.4 is 4.74 Å². The van der Waals surface area contributed by atoms with Crippen molar-refractivity contribution in [2.24, 2.45) is 0 Å². The van der Waals surface area contributed by atoms with Crippen molar-refractivity contribution in [3.8, 4) is 5.75 Å². The van der Waals surface area contributed by atoms with Crippen LogP contribution in [0.1, 0.15) is 21.5 Å². The lowest BCUT2D eigenvalue weighted by molar-refractivity contribution is -0.348. The summed E-state index contributed by atoms with van der Waals surface area (Å²) in [4.78, 5) is 16.4. The SMILES string of the molecule is O=C(c1ccccc1)c1ccccc1O[C@]1(c2c[nH]c3ccccc23)O[C@H](C(O)Cl)[C@H](O)[C@H](O)[C@H]1O. The van der Waals surface area contributed by atoms with E-state index in [0.29, 0.717) is 16.5 Å². The Morgan fingerprint density at radius 2 is 1.61 bits per heavy atom. The number of rotatable bonds is 6. The van der Waals surface area contributed by atoms with Gasteiger partial charge in [0.2, 0.25) is 0 Å². The van der Waals surface area contributed by atoms with E-state index >= 15 is 0 Å². The summed E-state index contributed by atoms with van der Waals surface area (Å²) >= 11 is 5.90. The van der Waals surface area contributed by atoms with Gasteiger partial charge in [0.25, 0.3) is 5.79 Å². The topological polar surface area (TPSA) is 132 Å². The molecule has 186 valence electrons. The van der Waals surface area contributed by atoms with Gasteiger partial charge in [-0.3, -0.25) is 4.79 Å². The molecule has 5 N–H and O–H groups in total. The van der Waals surface area contributed by atoms with E-state index in [9.17, 15) is 25.2 Å². The molecule has 1 aliphatic rings. The summed E-state index contributed by atoms with van der Waals surface area (Å²) in [5.74, 6) is -2.44. The van der Waals surface area contributed by atoms with Crippen molar-refractivity contribution in [3.05, 3.63) is 102 Å². The first kappa shape index (κ1) is 24.5. The number of hydrogen-bond acceptors (Lipinski definition) is 7.